The average Bonchev–Trinajstić information content (AvgIpc) is 2.78. The van der Waals surface area contributed by atoms with Gasteiger partial charge in [0.05, 0.1) is 23.1 Å². The number of nitrogens with one attached hydrogen (secondary N) is 2. The standard InChI is InChI=1S/C22H24FN7O/c23-16-11-15(20(25)31)21(29-22(16)28-18-9-5-4-8-17(18)24)27-14-10-19(30-26-12-14)13-6-2-1-3-7-13/h1-3,6-7,10-12,17-18H,4-5,8-9,24H2,(H2,25,31)(H2,27,28,29,30)/t17-,18?/m0/s1. The Morgan fingerprint density at radius 3 is 2.61 bits per heavy atom. The molecule has 1 aliphatic carbocycles. The molecule has 2 atom stereocenters. The van der Waals surface area contributed by atoms with E-state index in [0.29, 0.717) is 11.4 Å². The summed E-state index contributed by atoms with van der Waals surface area (Å²) in [7, 11) is 0. The SMILES string of the molecule is NC(=O)c1cc(F)c(NC2CCCC[C@@H]2N)nc1Nc1cnnc(-c2ccccc2)c1. The Hall–Kier alpha value is -3.59. The minimum Gasteiger partial charge on any atom is -0.365 e. The Morgan fingerprint density at radius 2 is 1.87 bits per heavy atom. The van der Waals surface area contributed by atoms with Gasteiger partial charge in [-0.25, -0.2) is 9.37 Å². The van der Waals surface area contributed by atoms with Gasteiger partial charge < -0.3 is 22.1 Å². The number of aromatic nitrogens is 3. The van der Waals surface area contributed by atoms with Crippen LogP contribution in [0.1, 0.15) is 36.0 Å². The van der Waals surface area contributed by atoms with E-state index in [0.717, 1.165) is 37.3 Å². The maximum atomic E-state index is 14.7. The van der Waals surface area contributed by atoms with Gasteiger partial charge in [-0.2, -0.15) is 10.2 Å². The van der Waals surface area contributed by atoms with Crippen molar-refractivity contribution in [2.45, 2.75) is 37.8 Å². The highest BCUT2D eigenvalue weighted by atomic mass is 19.1. The van der Waals surface area contributed by atoms with E-state index >= 15 is 0 Å². The summed E-state index contributed by atoms with van der Waals surface area (Å²) < 4.78 is 14.7. The smallest absolute Gasteiger partial charge is 0.252 e. The van der Waals surface area contributed by atoms with Gasteiger partial charge in [0, 0.05) is 17.6 Å². The molecular formula is C22H24FN7O. The lowest BCUT2D eigenvalue weighted by Crippen LogP contribution is -2.43. The highest BCUT2D eigenvalue weighted by Crippen LogP contribution is 2.27. The second-order valence-corrected chi connectivity index (χ2v) is 7.60. The van der Waals surface area contributed by atoms with Gasteiger partial charge in [-0.1, -0.05) is 43.2 Å². The number of carbonyl (C=O) groups is 1. The van der Waals surface area contributed by atoms with Crippen LogP contribution in [0.4, 0.5) is 21.7 Å². The van der Waals surface area contributed by atoms with Gasteiger partial charge in [-0.3, -0.25) is 4.79 Å². The first-order valence-corrected chi connectivity index (χ1v) is 10.2. The number of benzene rings is 1. The highest BCUT2D eigenvalue weighted by molar-refractivity contribution is 5.98. The number of halogens is 1. The summed E-state index contributed by atoms with van der Waals surface area (Å²) in [5.41, 5.74) is 13.6. The molecule has 0 radical (unpaired) electrons. The lowest BCUT2D eigenvalue weighted by molar-refractivity contribution is 0.100. The number of hydrogen-bond acceptors (Lipinski definition) is 7. The molecule has 6 N–H and O–H groups in total. The molecule has 4 rings (SSSR count). The summed E-state index contributed by atoms with van der Waals surface area (Å²) in [6.07, 6.45) is 5.27. The first-order chi connectivity index (χ1) is 15.0. The predicted molar refractivity (Wildman–Crippen MR) is 117 cm³/mol. The van der Waals surface area contributed by atoms with Crippen LogP contribution in [0.5, 0.6) is 0 Å². The lowest BCUT2D eigenvalue weighted by Gasteiger charge is -2.30. The van der Waals surface area contributed by atoms with Crippen molar-refractivity contribution < 1.29 is 9.18 Å². The second-order valence-electron chi connectivity index (χ2n) is 7.60. The summed E-state index contributed by atoms with van der Waals surface area (Å²) in [6, 6.07) is 12.2. The van der Waals surface area contributed by atoms with Crippen LogP contribution in [0.15, 0.2) is 48.7 Å². The van der Waals surface area contributed by atoms with Gasteiger partial charge in [0.15, 0.2) is 11.6 Å². The van der Waals surface area contributed by atoms with Gasteiger partial charge in [-0.15, -0.1) is 0 Å². The zero-order valence-electron chi connectivity index (χ0n) is 16.9. The van der Waals surface area contributed by atoms with Crippen molar-refractivity contribution in [3.8, 4) is 11.3 Å². The van der Waals surface area contributed by atoms with Gasteiger partial charge in [0.2, 0.25) is 0 Å². The van der Waals surface area contributed by atoms with E-state index in [2.05, 4.69) is 25.8 Å². The van der Waals surface area contributed by atoms with E-state index in [-0.39, 0.29) is 29.3 Å². The minimum absolute atomic E-state index is 0.0279. The number of nitrogens with two attached hydrogens (primary N) is 2. The molecule has 8 nitrogen and oxygen atoms in total. The molecule has 0 bridgehead atoms. The predicted octanol–water partition coefficient (Wildman–Crippen LogP) is 3.20. The largest absolute Gasteiger partial charge is 0.365 e. The van der Waals surface area contributed by atoms with E-state index < -0.39 is 11.7 Å². The molecule has 1 saturated carbocycles. The molecule has 31 heavy (non-hydrogen) atoms. The number of primary amides is 1. The molecule has 9 heteroatoms. The van der Waals surface area contributed by atoms with Gasteiger partial charge >= 0.3 is 0 Å². The summed E-state index contributed by atoms with van der Waals surface area (Å²) >= 11 is 0. The fourth-order valence-electron chi connectivity index (χ4n) is 3.71. The van der Waals surface area contributed by atoms with E-state index in [1.807, 2.05) is 30.3 Å². The number of rotatable bonds is 6. The number of hydrogen-bond donors (Lipinski definition) is 4. The molecular weight excluding hydrogens is 397 g/mol. The van der Waals surface area contributed by atoms with Crippen LogP contribution in [-0.2, 0) is 0 Å². The maximum absolute atomic E-state index is 14.7. The lowest BCUT2D eigenvalue weighted by atomic mass is 9.91. The van der Waals surface area contributed by atoms with E-state index in [1.165, 1.54) is 6.20 Å². The Morgan fingerprint density at radius 1 is 1.10 bits per heavy atom. The van der Waals surface area contributed by atoms with Crippen molar-refractivity contribution in [2.24, 2.45) is 11.5 Å². The van der Waals surface area contributed by atoms with Crippen molar-refractivity contribution >= 4 is 23.2 Å². The second kappa shape index (κ2) is 9.05. The number of amides is 1. The van der Waals surface area contributed by atoms with E-state index in [1.54, 1.807) is 6.07 Å². The monoisotopic (exact) mass is 421 g/mol. The van der Waals surface area contributed by atoms with Crippen LogP contribution in [0.2, 0.25) is 0 Å². The van der Waals surface area contributed by atoms with Crippen LogP contribution in [-0.4, -0.2) is 33.2 Å². The fraction of sp³-hybridized carbons (Fsp3) is 0.273. The molecule has 1 fully saturated rings. The summed E-state index contributed by atoms with van der Waals surface area (Å²) in [5.74, 6) is -1.29. The minimum atomic E-state index is -0.792. The quantitative estimate of drug-likeness (QED) is 0.480. The molecule has 3 aromatic rings. The summed E-state index contributed by atoms with van der Waals surface area (Å²) in [6.45, 7) is 0. The fourth-order valence-corrected chi connectivity index (χ4v) is 3.71. The van der Waals surface area contributed by atoms with Crippen LogP contribution in [0.3, 0.4) is 0 Å². The van der Waals surface area contributed by atoms with Crippen molar-refractivity contribution in [2.75, 3.05) is 10.6 Å². The van der Waals surface area contributed by atoms with Gasteiger partial charge in [0.25, 0.3) is 5.91 Å². The highest BCUT2D eigenvalue weighted by Gasteiger charge is 2.24. The van der Waals surface area contributed by atoms with Crippen molar-refractivity contribution in [1.29, 1.82) is 0 Å². The first-order valence-electron chi connectivity index (χ1n) is 10.2. The average molecular weight is 421 g/mol. The van der Waals surface area contributed by atoms with Gasteiger partial charge in [-0.05, 0) is 25.0 Å². The molecule has 2 aromatic heterocycles. The summed E-state index contributed by atoms with van der Waals surface area (Å²) in [5, 5.41) is 14.3. The van der Waals surface area contributed by atoms with Crippen molar-refractivity contribution in [3.05, 3.63) is 60.0 Å². The zero-order valence-corrected chi connectivity index (χ0v) is 16.9. The number of carbonyl (C=O) groups excluding carboxylic acids is 1. The molecule has 1 amide bonds. The van der Waals surface area contributed by atoms with Gasteiger partial charge in [0.1, 0.15) is 5.82 Å². The molecule has 1 unspecified atom stereocenters. The van der Waals surface area contributed by atoms with Crippen molar-refractivity contribution in [3.63, 3.8) is 0 Å². The maximum Gasteiger partial charge on any atom is 0.252 e. The third-order valence-corrected chi connectivity index (χ3v) is 5.37. The Bertz CT molecular complexity index is 1080. The number of anilines is 3. The first kappa shape index (κ1) is 20.7. The van der Waals surface area contributed by atoms with E-state index in [9.17, 15) is 9.18 Å². The Labute approximate surface area is 179 Å². The zero-order chi connectivity index (χ0) is 21.8. The Kier molecular flexibility index (Phi) is 6.03. The molecule has 160 valence electrons. The number of nitrogens with zero attached hydrogens (tertiary/aromatic N) is 3. The molecule has 1 aromatic carbocycles. The Balaban J connectivity index is 1.64. The normalized spacial score (nSPS) is 18.4. The number of pyridine rings is 1. The molecule has 0 saturated heterocycles. The van der Waals surface area contributed by atoms with Crippen LogP contribution >= 0.6 is 0 Å². The molecule has 1 aliphatic rings. The molecule has 0 spiro atoms. The third kappa shape index (κ3) is 4.77. The van der Waals surface area contributed by atoms with Crippen molar-refractivity contribution in [1.82, 2.24) is 15.2 Å². The van der Waals surface area contributed by atoms with Crippen LogP contribution in [0, 0.1) is 5.82 Å². The van der Waals surface area contributed by atoms with Crippen LogP contribution < -0.4 is 22.1 Å². The van der Waals surface area contributed by atoms with E-state index in [4.69, 9.17) is 11.5 Å². The summed E-state index contributed by atoms with van der Waals surface area (Å²) in [4.78, 5) is 16.2. The molecule has 0 aliphatic heterocycles. The van der Waals surface area contributed by atoms with Crippen LogP contribution in [0.25, 0.3) is 11.3 Å². The third-order valence-electron chi connectivity index (χ3n) is 5.37. The topological polar surface area (TPSA) is 132 Å². The molecule has 2 heterocycles.